The number of rotatable bonds is 22. The lowest BCUT2D eigenvalue weighted by Gasteiger charge is -2.64. The summed E-state index contributed by atoms with van der Waals surface area (Å²) in [7, 11) is -4.01. The summed E-state index contributed by atoms with van der Waals surface area (Å²) in [6.07, 6.45) is 8.73. The highest BCUT2D eigenvalue weighted by molar-refractivity contribution is 7.91. The highest BCUT2D eigenvalue weighted by Crippen LogP contribution is 2.65. The summed E-state index contributed by atoms with van der Waals surface area (Å²) in [5.74, 6) is -1.16. The van der Waals surface area contributed by atoms with E-state index in [0.717, 1.165) is 44.9 Å². The van der Waals surface area contributed by atoms with Crippen LogP contribution in [-0.2, 0) is 28.7 Å². The molecule has 0 aromatic heterocycles. The van der Waals surface area contributed by atoms with E-state index in [0.29, 0.717) is 31.1 Å². The normalized spacial score (nSPS) is 26.0. The number of Topliss-reactive ketones (excluding diaryl/α,β-unsaturated/α-hetero) is 1. The third kappa shape index (κ3) is 11.1. The maximum Gasteiger partial charge on any atom is 0.481 e. The van der Waals surface area contributed by atoms with Crippen molar-refractivity contribution in [2.75, 3.05) is 18.1 Å². The number of unbranched alkanes of at least 4 members (excludes halogenated alkanes) is 5. The van der Waals surface area contributed by atoms with Gasteiger partial charge in [0.2, 0.25) is 5.91 Å². The smallest absolute Gasteiger partial charge is 0.404 e. The van der Waals surface area contributed by atoms with E-state index >= 15 is 0 Å². The zero-order valence-corrected chi connectivity index (χ0v) is 30.8. The molecule has 4 fully saturated rings. The van der Waals surface area contributed by atoms with Gasteiger partial charge in [0, 0.05) is 25.3 Å². The maximum absolute atomic E-state index is 13.9. The number of nitrogens with one attached hydrogen (secondary N) is 2. The summed E-state index contributed by atoms with van der Waals surface area (Å²) in [6, 6.07) is 0. The Balaban J connectivity index is 1.64. The van der Waals surface area contributed by atoms with E-state index in [1.807, 2.05) is 0 Å². The number of hydrazine groups is 1. The van der Waals surface area contributed by atoms with Crippen LogP contribution in [0.4, 0.5) is 0 Å². The molecule has 4 rings (SSSR count). The van der Waals surface area contributed by atoms with Crippen molar-refractivity contribution >= 4 is 34.6 Å². The molecule has 0 spiro atoms. The molecule has 6 atom stereocenters. The van der Waals surface area contributed by atoms with Crippen LogP contribution in [0.1, 0.15) is 125 Å². The third-order valence-corrected chi connectivity index (χ3v) is 12.6. The first-order chi connectivity index (χ1) is 22.5. The van der Waals surface area contributed by atoms with Crippen LogP contribution in [0.2, 0.25) is 0 Å². The van der Waals surface area contributed by atoms with Crippen molar-refractivity contribution in [2.45, 2.75) is 143 Å². The van der Waals surface area contributed by atoms with Crippen molar-refractivity contribution < 1.29 is 32.3 Å². The molecule has 3 saturated carbocycles. The van der Waals surface area contributed by atoms with Gasteiger partial charge in [0.05, 0.1) is 29.2 Å². The quantitative estimate of drug-likeness (QED) is 0.0365. The molecule has 48 heavy (non-hydrogen) atoms. The van der Waals surface area contributed by atoms with E-state index in [2.05, 4.69) is 51.9 Å². The van der Waals surface area contributed by atoms with Gasteiger partial charge < -0.3 is 20.4 Å². The van der Waals surface area contributed by atoms with Crippen molar-refractivity contribution in [1.82, 2.24) is 10.7 Å². The van der Waals surface area contributed by atoms with Crippen LogP contribution in [0, 0.1) is 39.2 Å². The van der Waals surface area contributed by atoms with Gasteiger partial charge in [-0.2, -0.15) is 0 Å². The van der Waals surface area contributed by atoms with Crippen molar-refractivity contribution in [1.29, 1.82) is 0 Å². The third-order valence-electron chi connectivity index (χ3n) is 10.9. The van der Waals surface area contributed by atoms with Gasteiger partial charge in [-0.1, -0.05) is 72.1 Å². The number of amides is 1. The highest BCUT2D eigenvalue weighted by atomic mass is 32.2. The van der Waals surface area contributed by atoms with E-state index < -0.39 is 39.4 Å². The largest absolute Gasteiger partial charge is 0.481 e. The van der Waals surface area contributed by atoms with Crippen LogP contribution in [-0.4, -0.2) is 73.9 Å². The van der Waals surface area contributed by atoms with E-state index in [-0.39, 0.29) is 72.4 Å². The molecular weight excluding hydrogens is 637 g/mol. The molecule has 0 unspecified atom stereocenters. The molecule has 0 aromatic carbocycles. The second-order valence-corrected chi connectivity index (χ2v) is 17.8. The molecule has 4 N–H and O–H groups in total. The monoisotopic (exact) mass is 697 g/mol. The lowest BCUT2D eigenvalue weighted by Crippen LogP contribution is -2.65. The number of carbonyl (C=O) groups is 2. The molecular formula is C33H60BN5O8S. The number of sulfone groups is 1. The van der Waals surface area contributed by atoms with E-state index in [1.54, 1.807) is 5.43 Å². The fraction of sp³-hybridized carbons (Fsp3) is 0.909. The number of nitrogens with zero attached hydrogens (tertiary/aromatic N) is 2. The Morgan fingerprint density at radius 3 is 2.42 bits per heavy atom. The van der Waals surface area contributed by atoms with E-state index in [1.165, 1.54) is 0 Å². The zero-order valence-electron chi connectivity index (χ0n) is 30.0. The summed E-state index contributed by atoms with van der Waals surface area (Å²) < 4.78 is 38.5. The van der Waals surface area contributed by atoms with Gasteiger partial charge in [-0.25, -0.2) is 23.5 Å². The molecule has 1 heterocycles. The number of guanidine groups is 1. The van der Waals surface area contributed by atoms with Crippen LogP contribution in [0.3, 0.4) is 0 Å². The summed E-state index contributed by atoms with van der Waals surface area (Å²) in [4.78, 5) is 41.6. The lowest BCUT2D eigenvalue weighted by atomic mass is 9.43. The van der Waals surface area contributed by atoms with Crippen molar-refractivity contribution in [3.05, 3.63) is 10.1 Å². The van der Waals surface area contributed by atoms with Crippen LogP contribution < -0.4 is 16.5 Å². The molecule has 4 aliphatic rings. The Hall–Kier alpha value is -2.26. The number of nitro groups is 1. The Bertz CT molecular complexity index is 1250. The molecule has 13 nitrogen and oxygen atoms in total. The Morgan fingerprint density at radius 2 is 1.77 bits per heavy atom. The number of aliphatic imine (C=N–C) groups is 1. The zero-order chi connectivity index (χ0) is 35.7. The fourth-order valence-electron chi connectivity index (χ4n) is 7.96. The number of carbonyl (C=O) groups excluding carboxylic acids is 2. The second kappa shape index (κ2) is 17.6. The minimum atomic E-state index is -3.38. The summed E-state index contributed by atoms with van der Waals surface area (Å²) in [5, 5.41) is 13.0. The van der Waals surface area contributed by atoms with Crippen LogP contribution >= 0.6 is 0 Å². The lowest BCUT2D eigenvalue weighted by molar-refractivity contribution is -0.525. The minimum Gasteiger partial charge on any atom is -0.404 e. The van der Waals surface area contributed by atoms with Crippen LogP contribution in [0.15, 0.2) is 4.99 Å². The van der Waals surface area contributed by atoms with Crippen LogP contribution in [0.5, 0.6) is 0 Å². The molecule has 1 aliphatic heterocycles. The number of hydrogen-bond acceptors (Lipinski definition) is 9. The number of hydrogen-bond donors (Lipinski definition) is 3. The first kappa shape index (κ1) is 40.2. The van der Waals surface area contributed by atoms with Gasteiger partial charge in [-0.15, -0.1) is 0 Å². The summed E-state index contributed by atoms with van der Waals surface area (Å²) in [6.45, 7) is 13.1. The Morgan fingerprint density at radius 1 is 1.08 bits per heavy atom. The first-order valence-corrected chi connectivity index (χ1v) is 19.9. The fourth-order valence-corrected chi connectivity index (χ4v) is 9.35. The van der Waals surface area contributed by atoms with Gasteiger partial charge in [0.25, 0.3) is 5.96 Å². The van der Waals surface area contributed by atoms with Crippen molar-refractivity contribution in [2.24, 2.45) is 39.8 Å². The van der Waals surface area contributed by atoms with Gasteiger partial charge >= 0.3 is 7.12 Å². The number of nitrogens with two attached hydrogens (primary N) is 1. The van der Waals surface area contributed by atoms with Crippen molar-refractivity contribution in [3.63, 3.8) is 0 Å². The highest BCUT2D eigenvalue weighted by Gasteiger charge is 2.68. The molecule has 3 aliphatic carbocycles. The molecule has 15 heteroatoms. The average Bonchev–Trinajstić information content (AvgIpc) is 3.35. The minimum absolute atomic E-state index is 0.0439. The Labute approximate surface area is 287 Å². The molecule has 1 amide bonds. The second-order valence-electron chi connectivity index (χ2n) is 15.5. The van der Waals surface area contributed by atoms with Gasteiger partial charge in [0.1, 0.15) is 5.78 Å². The number of ketones is 1. The molecule has 0 radical (unpaired) electrons. The Kier molecular flexibility index (Phi) is 14.7. The van der Waals surface area contributed by atoms with Gasteiger partial charge in [-0.05, 0) is 68.6 Å². The predicted octanol–water partition coefficient (Wildman–Crippen LogP) is 4.40. The van der Waals surface area contributed by atoms with E-state index in [4.69, 9.17) is 15.0 Å². The van der Waals surface area contributed by atoms with Crippen molar-refractivity contribution in [3.8, 4) is 0 Å². The predicted molar refractivity (Wildman–Crippen MR) is 187 cm³/mol. The summed E-state index contributed by atoms with van der Waals surface area (Å²) >= 11 is 0. The SMILES string of the molecule is CCCCCCCCS(=O)(=O)CCC(=O)C[C@@H](CCCN=C(N)N[N+](=O)[O-])C(=O)N[C@@H](CC(C)C)B1O[C@@H]2C[C@H]3C[C@H](C3(C)C)[C@]2(C)O1. The molecule has 0 aromatic rings. The molecule has 2 bridgehead atoms. The van der Waals surface area contributed by atoms with Gasteiger partial charge in [-0.3, -0.25) is 9.59 Å². The van der Waals surface area contributed by atoms with Crippen LogP contribution in [0.25, 0.3) is 0 Å². The summed E-state index contributed by atoms with van der Waals surface area (Å²) in [5.41, 5.74) is 7.05. The molecule has 274 valence electrons. The van der Waals surface area contributed by atoms with E-state index in [9.17, 15) is 28.1 Å². The maximum atomic E-state index is 13.9. The average molecular weight is 698 g/mol. The topological polar surface area (TPSA) is 192 Å². The standard InChI is InChI=1S/C33H60BN5O8S/c1-7-8-9-10-11-12-17-48(44,45)18-15-26(40)20-24(14-13-16-36-31(35)38-39(42)43)30(41)37-29(19-23(2)3)34-46-28-22-25-21-27(32(25,4)5)33(28,6)47-34/h23-25,27-29H,7-22H2,1-6H3,(H,37,41)(H3,35,36,38)/t24-,25-,27-,28-,29+,33+/m1/s1. The van der Waals surface area contributed by atoms with Gasteiger partial charge in [0.15, 0.2) is 14.9 Å². The molecule has 1 saturated heterocycles. The first-order valence-electron chi connectivity index (χ1n) is 18.0.